The Kier molecular flexibility index (Phi) is 5.77. The molecule has 1 aliphatic heterocycles. The first kappa shape index (κ1) is 22.7. The number of nitro groups is 1. The average molecular weight is 499 g/mol. The Hall–Kier alpha value is -4.12. The van der Waals surface area contributed by atoms with Crippen molar-refractivity contribution >= 4 is 34.8 Å². The second kappa shape index (κ2) is 8.91. The summed E-state index contributed by atoms with van der Waals surface area (Å²) in [6, 6.07) is 8.01. The molecule has 2 aliphatic rings. The lowest BCUT2D eigenvalue weighted by Gasteiger charge is -2.18. The van der Waals surface area contributed by atoms with Crippen LogP contribution in [0.15, 0.2) is 52.0 Å². The van der Waals surface area contributed by atoms with Crippen molar-refractivity contribution in [2.24, 2.45) is 0 Å². The van der Waals surface area contributed by atoms with Crippen molar-refractivity contribution in [3.63, 3.8) is 0 Å². The van der Waals surface area contributed by atoms with Gasteiger partial charge in [0.1, 0.15) is 17.1 Å². The number of imide groups is 1. The number of aromatic nitrogens is 2. The van der Waals surface area contributed by atoms with E-state index in [-0.39, 0.29) is 46.1 Å². The molecule has 0 saturated carbocycles. The van der Waals surface area contributed by atoms with Crippen molar-refractivity contribution in [2.75, 3.05) is 4.90 Å². The van der Waals surface area contributed by atoms with Crippen LogP contribution in [0.4, 0.5) is 15.8 Å². The van der Waals surface area contributed by atoms with E-state index in [0.29, 0.717) is 24.0 Å². The number of hydrogen-bond donors (Lipinski definition) is 0. The van der Waals surface area contributed by atoms with E-state index in [9.17, 15) is 24.1 Å². The number of halogens is 2. The molecular formula is C23H16ClFN4O6. The molecule has 0 atom stereocenters. The molecule has 5 rings (SSSR count). The van der Waals surface area contributed by atoms with Crippen LogP contribution in [-0.2, 0) is 16.2 Å². The number of rotatable bonds is 6. The number of carbonyl (C=O) groups excluding carboxylic acids is 2. The van der Waals surface area contributed by atoms with Crippen LogP contribution in [0.2, 0.25) is 5.02 Å². The molecule has 0 spiro atoms. The minimum atomic E-state index is -0.847. The van der Waals surface area contributed by atoms with E-state index in [1.54, 1.807) is 6.07 Å². The molecule has 2 aromatic carbocycles. The molecule has 0 unspecified atom stereocenters. The number of benzene rings is 2. The lowest BCUT2D eigenvalue weighted by atomic mass is 9.93. The number of carbonyl (C=O) groups is 2. The molecule has 2 amide bonds. The van der Waals surface area contributed by atoms with E-state index in [1.807, 2.05) is 0 Å². The van der Waals surface area contributed by atoms with Crippen LogP contribution < -0.4 is 9.64 Å². The van der Waals surface area contributed by atoms with Crippen LogP contribution in [-0.4, -0.2) is 26.9 Å². The van der Waals surface area contributed by atoms with Crippen molar-refractivity contribution in [1.82, 2.24) is 10.2 Å². The molecule has 2 heterocycles. The second-order valence-corrected chi connectivity index (χ2v) is 8.32. The fraction of sp³-hybridized carbons (Fsp3) is 0.217. The second-order valence-electron chi connectivity index (χ2n) is 7.91. The van der Waals surface area contributed by atoms with Gasteiger partial charge >= 0.3 is 0 Å². The van der Waals surface area contributed by atoms with Crippen molar-refractivity contribution in [3.8, 4) is 17.2 Å². The highest BCUT2D eigenvalue weighted by atomic mass is 35.5. The maximum absolute atomic E-state index is 14.8. The monoisotopic (exact) mass is 498 g/mol. The molecule has 178 valence electrons. The van der Waals surface area contributed by atoms with Gasteiger partial charge in [0.05, 0.1) is 15.6 Å². The van der Waals surface area contributed by atoms with E-state index in [0.717, 1.165) is 23.8 Å². The van der Waals surface area contributed by atoms with Crippen LogP contribution >= 0.6 is 11.6 Å². The third kappa shape index (κ3) is 4.03. The molecule has 0 N–H and O–H groups in total. The van der Waals surface area contributed by atoms with Gasteiger partial charge in [0.2, 0.25) is 0 Å². The predicted molar refractivity (Wildman–Crippen MR) is 120 cm³/mol. The van der Waals surface area contributed by atoms with Gasteiger partial charge in [-0.2, -0.15) is 0 Å². The van der Waals surface area contributed by atoms with Gasteiger partial charge in [-0.25, -0.2) is 9.29 Å². The Morgan fingerprint density at radius 2 is 1.80 bits per heavy atom. The van der Waals surface area contributed by atoms with Gasteiger partial charge in [-0.15, -0.1) is 10.2 Å². The van der Waals surface area contributed by atoms with Crippen LogP contribution in [0.3, 0.4) is 0 Å². The Balaban J connectivity index is 1.38. The van der Waals surface area contributed by atoms with Gasteiger partial charge in [-0.1, -0.05) is 23.7 Å². The normalized spacial score (nSPS) is 15.5. The van der Waals surface area contributed by atoms with E-state index >= 15 is 0 Å². The van der Waals surface area contributed by atoms with Gasteiger partial charge in [-0.3, -0.25) is 19.7 Å². The third-order valence-corrected chi connectivity index (χ3v) is 6.08. The molecule has 3 aromatic rings. The van der Waals surface area contributed by atoms with Gasteiger partial charge < -0.3 is 9.15 Å². The zero-order chi connectivity index (χ0) is 24.7. The fourth-order valence-electron chi connectivity index (χ4n) is 4.13. The summed E-state index contributed by atoms with van der Waals surface area (Å²) < 4.78 is 25.8. The molecule has 12 heteroatoms. The Bertz CT molecular complexity index is 1390. The Morgan fingerprint density at radius 1 is 1.11 bits per heavy atom. The number of para-hydroxylation sites is 1. The van der Waals surface area contributed by atoms with Crippen LogP contribution in [0.25, 0.3) is 11.5 Å². The van der Waals surface area contributed by atoms with Crippen LogP contribution in [0.1, 0.15) is 31.6 Å². The number of hydrogen-bond acceptors (Lipinski definition) is 8. The zero-order valence-corrected chi connectivity index (χ0v) is 18.7. The van der Waals surface area contributed by atoms with Gasteiger partial charge in [0.15, 0.2) is 6.61 Å². The first-order valence-corrected chi connectivity index (χ1v) is 11.0. The van der Waals surface area contributed by atoms with Gasteiger partial charge in [0, 0.05) is 23.3 Å². The first-order chi connectivity index (χ1) is 16.8. The standard InChI is InChI=1S/C23H16ClFN4O6/c24-15-9-16(25)18(28-22(30)12-5-1-2-6-13(12)23(28)31)10-19(15)34-11-20-26-27-21(35-20)14-7-3-4-8-17(14)29(32)33/h3-4,7-10H,1-2,5-6,11H2. The minimum Gasteiger partial charge on any atom is -0.482 e. The summed E-state index contributed by atoms with van der Waals surface area (Å²) in [7, 11) is 0. The number of nitrogens with zero attached hydrogens (tertiary/aromatic N) is 4. The highest BCUT2D eigenvalue weighted by Crippen LogP contribution is 2.39. The summed E-state index contributed by atoms with van der Waals surface area (Å²) in [5.74, 6) is -2.04. The first-order valence-electron chi connectivity index (χ1n) is 10.6. The molecule has 10 nitrogen and oxygen atoms in total. The fourth-order valence-corrected chi connectivity index (χ4v) is 4.34. The minimum absolute atomic E-state index is 0.0148. The van der Waals surface area contributed by atoms with Crippen LogP contribution in [0.5, 0.6) is 5.75 Å². The summed E-state index contributed by atoms with van der Waals surface area (Å²) in [6.45, 7) is -0.297. The summed E-state index contributed by atoms with van der Waals surface area (Å²) in [5, 5.41) is 18.8. The summed E-state index contributed by atoms with van der Waals surface area (Å²) >= 11 is 6.12. The molecular weight excluding hydrogens is 483 g/mol. The maximum Gasteiger partial charge on any atom is 0.282 e. The van der Waals surface area contributed by atoms with E-state index in [2.05, 4.69) is 10.2 Å². The van der Waals surface area contributed by atoms with Gasteiger partial charge in [0.25, 0.3) is 29.3 Å². The van der Waals surface area contributed by atoms with Crippen molar-refractivity contribution in [2.45, 2.75) is 32.3 Å². The Labute approximate surface area is 202 Å². The summed E-state index contributed by atoms with van der Waals surface area (Å²) in [4.78, 5) is 37.1. The van der Waals surface area contributed by atoms with Gasteiger partial charge in [-0.05, 0) is 37.8 Å². The molecule has 35 heavy (non-hydrogen) atoms. The molecule has 0 fully saturated rings. The van der Waals surface area contributed by atoms with E-state index in [1.165, 1.54) is 24.3 Å². The lowest BCUT2D eigenvalue weighted by molar-refractivity contribution is -0.384. The number of nitro benzene ring substituents is 1. The lowest BCUT2D eigenvalue weighted by Crippen LogP contribution is -2.32. The quantitative estimate of drug-likeness (QED) is 0.270. The van der Waals surface area contributed by atoms with E-state index < -0.39 is 22.6 Å². The summed E-state index contributed by atoms with van der Waals surface area (Å²) in [6.07, 6.45) is 2.55. The smallest absolute Gasteiger partial charge is 0.282 e. The molecule has 1 aliphatic carbocycles. The molecule has 0 saturated heterocycles. The maximum atomic E-state index is 14.8. The highest BCUT2D eigenvalue weighted by Gasteiger charge is 2.41. The number of ether oxygens (including phenoxy) is 1. The Morgan fingerprint density at radius 3 is 2.49 bits per heavy atom. The SMILES string of the molecule is O=C1C2=C(CCCC2)C(=O)N1c1cc(OCc2nnc(-c3ccccc3[N+](=O)[O-])o2)c(Cl)cc1F. The largest absolute Gasteiger partial charge is 0.482 e. The van der Waals surface area contributed by atoms with Crippen molar-refractivity contribution in [1.29, 1.82) is 0 Å². The predicted octanol–water partition coefficient (Wildman–Crippen LogP) is 4.76. The highest BCUT2D eigenvalue weighted by molar-refractivity contribution is 6.34. The van der Waals surface area contributed by atoms with E-state index in [4.69, 9.17) is 20.8 Å². The number of anilines is 1. The molecule has 0 bridgehead atoms. The number of amides is 2. The van der Waals surface area contributed by atoms with Crippen LogP contribution in [0, 0.1) is 15.9 Å². The van der Waals surface area contributed by atoms with Crippen molar-refractivity contribution < 1.29 is 28.1 Å². The summed E-state index contributed by atoms with van der Waals surface area (Å²) in [5.41, 5.74) is 0.518. The molecule has 1 aromatic heterocycles. The van der Waals surface area contributed by atoms with Crippen molar-refractivity contribution in [3.05, 3.63) is 74.4 Å². The topological polar surface area (TPSA) is 129 Å². The third-order valence-electron chi connectivity index (χ3n) is 5.78. The zero-order valence-electron chi connectivity index (χ0n) is 18.0. The average Bonchev–Trinajstić information content (AvgIpc) is 3.42. The molecule has 0 radical (unpaired) electrons.